The molecule has 1 aliphatic heterocycles. The second-order valence-corrected chi connectivity index (χ2v) is 7.45. The van der Waals surface area contributed by atoms with Gasteiger partial charge in [-0.05, 0) is 23.6 Å². The zero-order valence-corrected chi connectivity index (χ0v) is 16.7. The number of nitrogens with one attached hydrogen (secondary N) is 1. The Morgan fingerprint density at radius 3 is 2.67 bits per heavy atom. The van der Waals surface area contributed by atoms with Crippen LogP contribution in [0.5, 0.6) is 0 Å². The Morgan fingerprint density at radius 2 is 1.87 bits per heavy atom. The van der Waals surface area contributed by atoms with Gasteiger partial charge in [-0.1, -0.05) is 54.6 Å². The number of aromatic nitrogens is 2. The molecule has 0 spiro atoms. The van der Waals surface area contributed by atoms with Crippen molar-refractivity contribution in [2.24, 2.45) is 0 Å². The van der Waals surface area contributed by atoms with Crippen molar-refractivity contribution in [1.29, 1.82) is 0 Å². The first-order chi connectivity index (χ1) is 14.5. The van der Waals surface area contributed by atoms with Gasteiger partial charge in [-0.2, -0.15) is 0 Å². The van der Waals surface area contributed by atoms with E-state index in [1.807, 2.05) is 36.4 Å². The van der Waals surface area contributed by atoms with Crippen LogP contribution in [0.15, 0.2) is 70.4 Å². The molecule has 0 radical (unpaired) electrons. The first kappa shape index (κ1) is 20.3. The van der Waals surface area contributed by atoms with E-state index in [9.17, 15) is 14.7 Å². The van der Waals surface area contributed by atoms with Crippen molar-refractivity contribution in [3.05, 3.63) is 92.8 Å². The minimum Gasteiger partial charge on any atom is -0.390 e. The van der Waals surface area contributed by atoms with Crippen LogP contribution in [0.1, 0.15) is 23.8 Å². The van der Waals surface area contributed by atoms with Gasteiger partial charge in [0.05, 0.1) is 19.3 Å². The summed E-state index contributed by atoms with van der Waals surface area (Å²) < 4.78 is 13.0. The first-order valence-electron chi connectivity index (χ1n) is 9.89. The summed E-state index contributed by atoms with van der Waals surface area (Å²) in [4.78, 5) is 25.9. The molecule has 0 amide bonds. The molecule has 156 valence electrons. The predicted octanol–water partition coefficient (Wildman–Crippen LogP) is 2.38. The second-order valence-electron chi connectivity index (χ2n) is 7.45. The fourth-order valence-electron chi connectivity index (χ4n) is 3.67. The molecule has 1 aliphatic rings. The van der Waals surface area contributed by atoms with Crippen LogP contribution in [0.4, 0.5) is 0 Å². The molecule has 3 aromatic rings. The number of hydrogen-bond acceptors (Lipinski definition) is 5. The normalized spacial score (nSPS) is 21.1. The molecule has 0 unspecified atom stereocenters. The van der Waals surface area contributed by atoms with Crippen LogP contribution >= 0.6 is 0 Å². The summed E-state index contributed by atoms with van der Waals surface area (Å²) in [7, 11) is 0. The van der Waals surface area contributed by atoms with Gasteiger partial charge in [-0.25, -0.2) is 4.79 Å². The topological polar surface area (TPSA) is 93.6 Å². The molecule has 1 fully saturated rings. The molecule has 2 heterocycles. The Morgan fingerprint density at radius 1 is 1.13 bits per heavy atom. The minimum absolute atomic E-state index is 0.192. The van der Waals surface area contributed by atoms with E-state index < -0.39 is 29.7 Å². The van der Waals surface area contributed by atoms with E-state index in [-0.39, 0.29) is 13.0 Å². The highest BCUT2D eigenvalue weighted by Gasteiger charge is 2.35. The number of aromatic amines is 1. The van der Waals surface area contributed by atoms with Crippen LogP contribution in [0.25, 0.3) is 11.1 Å². The van der Waals surface area contributed by atoms with Gasteiger partial charge < -0.3 is 14.6 Å². The highest BCUT2D eigenvalue weighted by Crippen LogP contribution is 2.29. The molecule has 3 atom stereocenters. The fraction of sp³-hybridized carbons (Fsp3) is 0.304. The summed E-state index contributed by atoms with van der Waals surface area (Å²) >= 11 is 0. The first-order valence-corrected chi connectivity index (χ1v) is 9.89. The highest BCUT2D eigenvalue weighted by molar-refractivity contribution is 5.67. The minimum atomic E-state index is -0.765. The van der Waals surface area contributed by atoms with Crippen LogP contribution in [-0.4, -0.2) is 33.5 Å². The molecule has 0 bridgehead atoms. The zero-order valence-electron chi connectivity index (χ0n) is 16.7. The van der Waals surface area contributed by atoms with Crippen LogP contribution in [-0.2, 0) is 16.1 Å². The maximum Gasteiger partial charge on any atom is 0.330 e. The Labute approximate surface area is 173 Å². The van der Waals surface area contributed by atoms with Crippen molar-refractivity contribution >= 4 is 0 Å². The lowest BCUT2D eigenvalue weighted by Crippen LogP contribution is -2.33. The van der Waals surface area contributed by atoms with E-state index in [0.29, 0.717) is 12.2 Å². The second kappa shape index (κ2) is 8.79. The monoisotopic (exact) mass is 408 g/mol. The number of hydrogen-bond donors (Lipinski definition) is 2. The van der Waals surface area contributed by atoms with Gasteiger partial charge >= 0.3 is 5.69 Å². The highest BCUT2D eigenvalue weighted by atomic mass is 16.6. The molecule has 7 heteroatoms. The Hall–Kier alpha value is -3.00. The van der Waals surface area contributed by atoms with E-state index in [2.05, 4.69) is 23.2 Å². The number of rotatable bonds is 6. The van der Waals surface area contributed by atoms with Crippen LogP contribution < -0.4 is 11.2 Å². The molecular weight excluding hydrogens is 384 g/mol. The van der Waals surface area contributed by atoms with Crippen LogP contribution in [0.3, 0.4) is 0 Å². The van der Waals surface area contributed by atoms with E-state index in [4.69, 9.17) is 9.47 Å². The summed E-state index contributed by atoms with van der Waals surface area (Å²) in [5.74, 6) is 0. The van der Waals surface area contributed by atoms with E-state index in [1.165, 1.54) is 10.8 Å². The fourth-order valence-corrected chi connectivity index (χ4v) is 3.67. The number of nitrogens with zero attached hydrogens (tertiary/aromatic N) is 1. The number of benzene rings is 2. The maximum atomic E-state index is 12.1. The summed E-state index contributed by atoms with van der Waals surface area (Å²) in [6.45, 7) is 2.18. The van der Waals surface area contributed by atoms with E-state index in [0.717, 1.165) is 16.7 Å². The number of aliphatic hydroxyl groups is 1. The summed E-state index contributed by atoms with van der Waals surface area (Å²) in [5.41, 5.74) is 2.68. The lowest BCUT2D eigenvalue weighted by atomic mass is 10.0. The van der Waals surface area contributed by atoms with Crippen molar-refractivity contribution in [2.75, 3.05) is 6.61 Å². The summed E-state index contributed by atoms with van der Waals surface area (Å²) in [5, 5.41) is 10.4. The van der Waals surface area contributed by atoms with E-state index >= 15 is 0 Å². The third-order valence-electron chi connectivity index (χ3n) is 5.30. The quantitative estimate of drug-likeness (QED) is 0.653. The van der Waals surface area contributed by atoms with Gasteiger partial charge in [0.2, 0.25) is 0 Å². The number of H-pyrrole nitrogens is 1. The van der Waals surface area contributed by atoms with Crippen LogP contribution in [0, 0.1) is 6.92 Å². The smallest absolute Gasteiger partial charge is 0.330 e. The molecule has 7 nitrogen and oxygen atoms in total. The SMILES string of the molecule is Cc1cn([C@H]2C[C@H](O)[C@@H](COCc3ccccc3-c3ccccc3)O2)c(=O)[nH]c1=O. The van der Waals surface area contributed by atoms with Crippen molar-refractivity contribution in [1.82, 2.24) is 9.55 Å². The lowest BCUT2D eigenvalue weighted by Gasteiger charge is -2.17. The third-order valence-corrected chi connectivity index (χ3v) is 5.30. The average molecular weight is 408 g/mol. The van der Waals surface area contributed by atoms with Crippen molar-refractivity contribution in [3.8, 4) is 11.1 Å². The van der Waals surface area contributed by atoms with E-state index in [1.54, 1.807) is 6.92 Å². The van der Waals surface area contributed by atoms with Gasteiger partial charge in [0, 0.05) is 18.2 Å². The molecule has 0 saturated carbocycles. The van der Waals surface area contributed by atoms with Crippen molar-refractivity contribution in [2.45, 2.75) is 38.4 Å². The van der Waals surface area contributed by atoms with Gasteiger partial charge in [0.25, 0.3) is 5.56 Å². The predicted molar refractivity (Wildman–Crippen MR) is 112 cm³/mol. The van der Waals surface area contributed by atoms with Crippen LogP contribution in [0.2, 0.25) is 0 Å². The molecule has 1 saturated heterocycles. The Bertz CT molecular complexity index is 1120. The maximum absolute atomic E-state index is 12.1. The summed E-state index contributed by atoms with van der Waals surface area (Å²) in [6.07, 6.45) is -0.262. The van der Waals surface area contributed by atoms with Crippen molar-refractivity contribution < 1.29 is 14.6 Å². The number of aliphatic hydroxyl groups excluding tert-OH is 1. The zero-order chi connectivity index (χ0) is 21.1. The van der Waals surface area contributed by atoms with Gasteiger partial charge in [0.15, 0.2) is 0 Å². The molecule has 4 rings (SSSR count). The Kier molecular flexibility index (Phi) is 5.94. The molecule has 0 aliphatic carbocycles. The molecule has 1 aromatic heterocycles. The van der Waals surface area contributed by atoms with Gasteiger partial charge in [0.1, 0.15) is 12.3 Å². The standard InChI is InChI=1S/C23H24N2O5/c1-15-12-25(23(28)24-22(15)27)21-11-19(26)20(30-21)14-29-13-17-9-5-6-10-18(17)16-7-3-2-4-8-16/h2-10,12,19-21,26H,11,13-14H2,1H3,(H,24,27,28)/t19-,20+,21+/m0/s1. The lowest BCUT2D eigenvalue weighted by molar-refractivity contribution is -0.0667. The Balaban J connectivity index is 1.41. The van der Waals surface area contributed by atoms with Gasteiger partial charge in [-0.3, -0.25) is 14.3 Å². The van der Waals surface area contributed by atoms with Crippen molar-refractivity contribution in [3.63, 3.8) is 0 Å². The average Bonchev–Trinajstić information content (AvgIpc) is 3.12. The molecule has 30 heavy (non-hydrogen) atoms. The number of aryl methyl sites for hydroxylation is 1. The molecule has 2 aromatic carbocycles. The molecule has 2 N–H and O–H groups in total. The third kappa shape index (κ3) is 4.28. The summed E-state index contributed by atoms with van der Waals surface area (Å²) in [6, 6.07) is 18.1. The molecular formula is C23H24N2O5. The largest absolute Gasteiger partial charge is 0.390 e. The number of ether oxygens (including phenoxy) is 2. The van der Waals surface area contributed by atoms with Gasteiger partial charge in [-0.15, -0.1) is 0 Å².